The molecule has 0 unspecified atom stereocenters. The topological polar surface area (TPSA) is 110 Å². The molecule has 0 radical (unpaired) electrons. The van der Waals surface area contributed by atoms with E-state index in [1.807, 2.05) is 0 Å². The molecule has 9 heteroatoms. The van der Waals surface area contributed by atoms with Crippen molar-refractivity contribution >= 4 is 21.6 Å². The number of nitrogens with one attached hydrogen (secondary N) is 1. The lowest BCUT2D eigenvalue weighted by Crippen LogP contribution is -2.33. The Balaban J connectivity index is 2.56. The lowest BCUT2D eigenvalue weighted by molar-refractivity contribution is -0.385. The zero-order chi connectivity index (χ0) is 16.8. The molecule has 0 saturated carbocycles. The van der Waals surface area contributed by atoms with Gasteiger partial charge in [0.15, 0.2) is 0 Å². The maximum Gasteiger partial charge on any atom is 0.282 e. The van der Waals surface area contributed by atoms with Crippen LogP contribution in [0.15, 0.2) is 24.3 Å². The van der Waals surface area contributed by atoms with Crippen molar-refractivity contribution in [1.29, 1.82) is 0 Å². The van der Waals surface area contributed by atoms with Gasteiger partial charge in [-0.1, -0.05) is 19.1 Å². The molecule has 0 spiro atoms. The second-order valence-corrected chi connectivity index (χ2v) is 6.62. The van der Waals surface area contributed by atoms with E-state index in [1.165, 1.54) is 22.5 Å². The average molecular weight is 329 g/mol. The molecule has 0 aliphatic heterocycles. The fourth-order valence-electron chi connectivity index (χ4n) is 1.94. The smallest absolute Gasteiger partial charge is 0.282 e. The van der Waals surface area contributed by atoms with Crippen LogP contribution in [0.4, 0.5) is 5.69 Å². The van der Waals surface area contributed by atoms with E-state index in [-0.39, 0.29) is 24.3 Å². The Morgan fingerprint density at radius 3 is 2.55 bits per heavy atom. The molecule has 0 aromatic heterocycles. The Hall–Kier alpha value is -2.00. The minimum atomic E-state index is -3.25. The predicted molar refractivity (Wildman–Crippen MR) is 82.1 cm³/mol. The van der Waals surface area contributed by atoms with Crippen molar-refractivity contribution in [2.75, 3.05) is 25.9 Å². The van der Waals surface area contributed by atoms with Crippen LogP contribution in [-0.2, 0) is 10.0 Å². The quantitative estimate of drug-likeness (QED) is 0.434. The molecule has 1 aromatic carbocycles. The van der Waals surface area contributed by atoms with Crippen molar-refractivity contribution in [3.8, 4) is 0 Å². The van der Waals surface area contributed by atoms with Gasteiger partial charge in [-0.25, -0.2) is 12.7 Å². The number of benzene rings is 1. The number of nitrogens with zero attached hydrogens (tertiary/aromatic N) is 2. The monoisotopic (exact) mass is 329 g/mol. The van der Waals surface area contributed by atoms with E-state index in [0.717, 1.165) is 6.26 Å². The summed E-state index contributed by atoms with van der Waals surface area (Å²) >= 11 is 0. The van der Waals surface area contributed by atoms with E-state index >= 15 is 0 Å². The summed E-state index contributed by atoms with van der Waals surface area (Å²) in [5, 5.41) is 13.4. The molecule has 0 heterocycles. The number of carbonyl (C=O) groups is 1. The van der Waals surface area contributed by atoms with Crippen molar-refractivity contribution in [2.45, 2.75) is 13.3 Å². The maximum absolute atomic E-state index is 11.9. The number of nitro groups is 1. The summed E-state index contributed by atoms with van der Waals surface area (Å²) in [5.41, 5.74) is -0.269. The first-order chi connectivity index (χ1) is 10.3. The first kappa shape index (κ1) is 18.1. The Morgan fingerprint density at radius 1 is 1.36 bits per heavy atom. The molecule has 0 atom stereocenters. The van der Waals surface area contributed by atoms with Crippen molar-refractivity contribution in [3.63, 3.8) is 0 Å². The van der Waals surface area contributed by atoms with Gasteiger partial charge in [0.05, 0.1) is 11.2 Å². The van der Waals surface area contributed by atoms with Gasteiger partial charge in [-0.05, 0) is 12.5 Å². The minimum absolute atomic E-state index is 0.0111. The first-order valence-corrected chi connectivity index (χ1v) is 8.59. The molecule has 1 N–H and O–H groups in total. The molecule has 22 heavy (non-hydrogen) atoms. The summed E-state index contributed by atoms with van der Waals surface area (Å²) < 4.78 is 24.1. The second kappa shape index (κ2) is 7.85. The highest BCUT2D eigenvalue weighted by atomic mass is 32.2. The normalized spacial score (nSPS) is 11.4. The van der Waals surface area contributed by atoms with Crippen LogP contribution in [0.2, 0.25) is 0 Å². The fourth-order valence-corrected chi connectivity index (χ4v) is 2.87. The summed E-state index contributed by atoms with van der Waals surface area (Å²) in [5.74, 6) is -0.547. The molecular formula is C13H19N3O5S. The standard InChI is InChI=1S/C13H19N3O5S/c1-3-15(22(2,20)21)10-6-9-14-13(17)11-7-4-5-8-12(11)16(18)19/h4-5,7-8H,3,6,9-10H2,1-2H3,(H,14,17). The molecular weight excluding hydrogens is 310 g/mol. The van der Waals surface area contributed by atoms with Crippen LogP contribution in [0.1, 0.15) is 23.7 Å². The molecule has 1 amide bonds. The molecule has 0 aliphatic rings. The minimum Gasteiger partial charge on any atom is -0.352 e. The molecule has 122 valence electrons. The number of nitro benzene ring substituents is 1. The summed E-state index contributed by atoms with van der Waals surface area (Å²) in [6.07, 6.45) is 1.55. The summed E-state index contributed by atoms with van der Waals surface area (Å²) in [4.78, 5) is 22.2. The SMILES string of the molecule is CCN(CCCNC(=O)c1ccccc1[N+](=O)[O-])S(C)(=O)=O. The van der Waals surface area contributed by atoms with Gasteiger partial charge in [-0.2, -0.15) is 0 Å². The summed E-state index contributed by atoms with van der Waals surface area (Å²) in [7, 11) is -3.25. The van der Waals surface area contributed by atoms with Crippen LogP contribution < -0.4 is 5.32 Å². The highest BCUT2D eigenvalue weighted by Gasteiger charge is 2.19. The van der Waals surface area contributed by atoms with Crippen molar-refractivity contribution in [1.82, 2.24) is 9.62 Å². The number of hydrogen-bond donors (Lipinski definition) is 1. The van der Waals surface area contributed by atoms with Crippen LogP contribution >= 0.6 is 0 Å². The number of amides is 1. The van der Waals surface area contributed by atoms with Crippen molar-refractivity contribution in [2.24, 2.45) is 0 Å². The third-order valence-corrected chi connectivity index (χ3v) is 4.42. The lowest BCUT2D eigenvalue weighted by atomic mass is 10.1. The third kappa shape index (κ3) is 5.08. The Kier molecular flexibility index (Phi) is 6.44. The number of para-hydroxylation sites is 1. The van der Waals surface area contributed by atoms with Gasteiger partial charge in [-0.3, -0.25) is 14.9 Å². The van der Waals surface area contributed by atoms with Gasteiger partial charge in [0.25, 0.3) is 11.6 Å². The molecule has 0 aliphatic carbocycles. The van der Waals surface area contributed by atoms with Gasteiger partial charge in [0, 0.05) is 25.7 Å². The highest BCUT2D eigenvalue weighted by molar-refractivity contribution is 7.88. The molecule has 0 bridgehead atoms. The average Bonchev–Trinajstić information content (AvgIpc) is 2.45. The van der Waals surface area contributed by atoms with Crippen molar-refractivity contribution < 1.29 is 18.1 Å². The number of sulfonamides is 1. The lowest BCUT2D eigenvalue weighted by Gasteiger charge is -2.17. The van der Waals surface area contributed by atoms with E-state index in [4.69, 9.17) is 0 Å². The molecule has 8 nitrogen and oxygen atoms in total. The number of rotatable bonds is 8. The van der Waals surface area contributed by atoms with Gasteiger partial charge in [0.2, 0.25) is 10.0 Å². The molecule has 1 rings (SSSR count). The van der Waals surface area contributed by atoms with E-state index in [1.54, 1.807) is 13.0 Å². The van der Waals surface area contributed by atoms with Crippen LogP contribution in [-0.4, -0.2) is 49.4 Å². The maximum atomic E-state index is 11.9. The predicted octanol–water partition coefficient (Wildman–Crippen LogP) is 0.996. The summed E-state index contributed by atoms with van der Waals surface area (Å²) in [6.45, 7) is 2.60. The van der Waals surface area contributed by atoms with Crippen LogP contribution in [0, 0.1) is 10.1 Å². The van der Waals surface area contributed by atoms with Crippen LogP contribution in [0.5, 0.6) is 0 Å². The van der Waals surface area contributed by atoms with Gasteiger partial charge in [-0.15, -0.1) is 0 Å². The highest BCUT2D eigenvalue weighted by Crippen LogP contribution is 2.17. The first-order valence-electron chi connectivity index (χ1n) is 6.74. The van der Waals surface area contributed by atoms with E-state index in [9.17, 15) is 23.3 Å². The van der Waals surface area contributed by atoms with Gasteiger partial charge in [0.1, 0.15) is 5.56 Å². The Bertz CT molecular complexity index is 645. The fraction of sp³-hybridized carbons (Fsp3) is 0.462. The van der Waals surface area contributed by atoms with E-state index < -0.39 is 20.9 Å². The molecule has 0 fully saturated rings. The van der Waals surface area contributed by atoms with Crippen LogP contribution in [0.3, 0.4) is 0 Å². The Labute approximate surface area is 129 Å². The number of hydrogen-bond acceptors (Lipinski definition) is 5. The number of carbonyl (C=O) groups excluding carboxylic acids is 1. The Morgan fingerprint density at radius 2 is 2.00 bits per heavy atom. The zero-order valence-electron chi connectivity index (χ0n) is 12.5. The second-order valence-electron chi connectivity index (χ2n) is 4.64. The van der Waals surface area contributed by atoms with Crippen molar-refractivity contribution in [3.05, 3.63) is 39.9 Å². The van der Waals surface area contributed by atoms with Gasteiger partial charge < -0.3 is 5.32 Å². The van der Waals surface area contributed by atoms with Crippen LogP contribution in [0.25, 0.3) is 0 Å². The molecule has 1 aromatic rings. The summed E-state index contributed by atoms with van der Waals surface area (Å²) in [6, 6.07) is 5.67. The van der Waals surface area contributed by atoms with Gasteiger partial charge >= 0.3 is 0 Å². The zero-order valence-corrected chi connectivity index (χ0v) is 13.3. The largest absolute Gasteiger partial charge is 0.352 e. The van der Waals surface area contributed by atoms with E-state index in [2.05, 4.69) is 5.32 Å². The molecule has 0 saturated heterocycles. The third-order valence-electron chi connectivity index (χ3n) is 3.04. The van der Waals surface area contributed by atoms with E-state index in [0.29, 0.717) is 13.0 Å².